The van der Waals surface area contributed by atoms with Crippen molar-refractivity contribution >= 4 is 29.6 Å². The summed E-state index contributed by atoms with van der Waals surface area (Å²) in [6.07, 6.45) is 6.89. The molecule has 6 aliphatic rings. The highest BCUT2D eigenvalue weighted by molar-refractivity contribution is 6.33. The molecule has 0 unspecified atom stereocenters. The fraction of sp³-hybridized carbons (Fsp3) is 0.421. The molecule has 132 valence electrons. The monoisotopic (exact) mass is 370 g/mol. The summed E-state index contributed by atoms with van der Waals surface area (Å²) in [7, 11) is 0. The van der Waals surface area contributed by atoms with Crippen LogP contribution in [-0.4, -0.2) is 29.8 Å². The van der Waals surface area contributed by atoms with Gasteiger partial charge in [-0.05, 0) is 36.2 Å². The van der Waals surface area contributed by atoms with E-state index in [0.717, 1.165) is 11.4 Å². The van der Waals surface area contributed by atoms with Crippen molar-refractivity contribution in [2.24, 2.45) is 40.6 Å². The molecule has 2 amide bonds. The van der Waals surface area contributed by atoms with Gasteiger partial charge in [0.05, 0.1) is 23.1 Å². The minimum absolute atomic E-state index is 0.150. The van der Waals surface area contributed by atoms with E-state index < -0.39 is 0 Å². The Morgan fingerprint density at radius 1 is 1.04 bits per heavy atom. The van der Waals surface area contributed by atoms with E-state index in [2.05, 4.69) is 17.3 Å². The topological polar surface area (TPSA) is 68.2 Å². The lowest BCUT2D eigenvalue weighted by Crippen LogP contribution is -2.40. The molecule has 7 heteroatoms. The molecule has 26 heavy (non-hydrogen) atoms. The summed E-state index contributed by atoms with van der Waals surface area (Å²) in [6.45, 7) is 0.150. The van der Waals surface area contributed by atoms with Gasteiger partial charge in [0.25, 0.3) is 11.8 Å². The van der Waals surface area contributed by atoms with Gasteiger partial charge in [0, 0.05) is 11.6 Å². The highest BCUT2D eigenvalue weighted by atomic mass is 35.5. The van der Waals surface area contributed by atoms with E-state index >= 15 is 0 Å². The molecule has 2 aliphatic heterocycles. The van der Waals surface area contributed by atoms with Crippen LogP contribution in [-0.2, 0) is 9.59 Å². The van der Waals surface area contributed by atoms with Crippen molar-refractivity contribution in [1.82, 2.24) is 5.01 Å². The maximum absolute atomic E-state index is 12.9. The van der Waals surface area contributed by atoms with Crippen LogP contribution in [0.2, 0.25) is 5.02 Å². The molecule has 0 N–H and O–H groups in total. The molecule has 2 saturated carbocycles. The molecule has 6 nitrogen and oxygen atoms in total. The fourth-order valence-corrected chi connectivity index (χ4v) is 5.41. The Morgan fingerprint density at radius 3 is 2.31 bits per heavy atom. The van der Waals surface area contributed by atoms with Gasteiger partial charge in [-0.2, -0.15) is 10.1 Å². The first-order valence-electron chi connectivity index (χ1n) is 8.83. The van der Waals surface area contributed by atoms with Crippen molar-refractivity contribution in [3.8, 4) is 11.5 Å². The van der Waals surface area contributed by atoms with Crippen LogP contribution in [0, 0.1) is 35.5 Å². The van der Waals surface area contributed by atoms with Crippen molar-refractivity contribution in [2.75, 3.05) is 6.79 Å². The van der Waals surface area contributed by atoms with Gasteiger partial charge < -0.3 is 9.47 Å². The van der Waals surface area contributed by atoms with Gasteiger partial charge in [-0.25, -0.2) is 0 Å². The Kier molecular flexibility index (Phi) is 2.78. The molecule has 1 saturated heterocycles. The Hall–Kier alpha value is -2.34. The molecule has 1 aromatic carbocycles. The van der Waals surface area contributed by atoms with Crippen LogP contribution in [0.1, 0.15) is 12.0 Å². The lowest BCUT2D eigenvalue weighted by atomic mass is 9.63. The first kappa shape index (κ1) is 14.8. The number of carbonyl (C=O) groups excluding carboxylic acids is 2. The quantitative estimate of drug-likeness (QED) is 0.455. The van der Waals surface area contributed by atoms with Crippen LogP contribution in [0.5, 0.6) is 11.5 Å². The molecule has 1 aromatic rings. The Labute approximate surface area is 154 Å². The summed E-state index contributed by atoms with van der Waals surface area (Å²) in [5.74, 6) is 1.85. The summed E-state index contributed by atoms with van der Waals surface area (Å²) >= 11 is 6.24. The van der Waals surface area contributed by atoms with Crippen LogP contribution in [0.15, 0.2) is 29.4 Å². The Morgan fingerprint density at radius 2 is 1.65 bits per heavy atom. The van der Waals surface area contributed by atoms with E-state index in [-0.39, 0.29) is 42.3 Å². The number of hydrazone groups is 1. The molecule has 2 heterocycles. The van der Waals surface area contributed by atoms with Crippen molar-refractivity contribution in [3.05, 3.63) is 34.9 Å². The van der Waals surface area contributed by atoms with Crippen LogP contribution in [0.25, 0.3) is 0 Å². The standard InChI is InChI=1S/C19H15ClN2O4/c20-13-5-15-14(25-7-26-15)3-8(13)6-21-22-18(23)16-9-1-2-10(12-4-11(9)12)17(16)19(22)24/h1-3,5-6,9-12,16-17H,4,7H2/t9-,10-,11-,12+,16-,17+/m0/s1. The summed E-state index contributed by atoms with van der Waals surface area (Å²) in [5, 5.41) is 5.68. The van der Waals surface area contributed by atoms with E-state index in [9.17, 15) is 9.59 Å². The highest BCUT2D eigenvalue weighted by Gasteiger charge is 2.67. The molecule has 0 spiro atoms. The first-order valence-corrected chi connectivity index (χ1v) is 9.20. The molecular weight excluding hydrogens is 356 g/mol. The maximum Gasteiger partial charge on any atom is 0.254 e. The van der Waals surface area contributed by atoms with Gasteiger partial charge in [0.1, 0.15) is 0 Å². The van der Waals surface area contributed by atoms with Gasteiger partial charge in [-0.15, -0.1) is 0 Å². The SMILES string of the molecule is O=C1[C@@H]2[C@H]3C=C[C@@H]([C@@H]4C[C@H]34)[C@@H]2C(=O)N1N=Cc1cc2c(cc1Cl)OCO2. The summed E-state index contributed by atoms with van der Waals surface area (Å²) in [4.78, 5) is 25.8. The van der Waals surface area contributed by atoms with E-state index in [0.29, 0.717) is 33.9 Å². The molecule has 0 radical (unpaired) electrons. The largest absolute Gasteiger partial charge is 0.454 e. The number of ether oxygens (including phenoxy) is 2. The Bertz CT molecular complexity index is 890. The lowest BCUT2D eigenvalue weighted by Gasteiger charge is -2.37. The second-order valence-electron chi connectivity index (χ2n) is 7.61. The highest BCUT2D eigenvalue weighted by Crippen LogP contribution is 2.65. The van der Waals surface area contributed by atoms with Crippen LogP contribution >= 0.6 is 11.6 Å². The van der Waals surface area contributed by atoms with E-state index in [1.807, 2.05) is 0 Å². The summed E-state index contributed by atoms with van der Waals surface area (Å²) in [5.41, 5.74) is 0.579. The van der Waals surface area contributed by atoms with Crippen molar-refractivity contribution < 1.29 is 19.1 Å². The zero-order valence-corrected chi connectivity index (χ0v) is 14.4. The number of benzene rings is 1. The Balaban J connectivity index is 1.32. The third-order valence-corrected chi connectivity index (χ3v) is 6.77. The van der Waals surface area contributed by atoms with Crippen molar-refractivity contribution in [2.45, 2.75) is 6.42 Å². The first-order chi connectivity index (χ1) is 12.6. The molecule has 2 bridgehead atoms. The molecule has 0 aromatic heterocycles. The smallest absolute Gasteiger partial charge is 0.254 e. The van der Waals surface area contributed by atoms with Crippen LogP contribution in [0.3, 0.4) is 0 Å². The number of hydrogen-bond acceptors (Lipinski definition) is 5. The molecule has 6 atom stereocenters. The number of amides is 2. The number of imide groups is 1. The maximum atomic E-state index is 12.9. The van der Waals surface area contributed by atoms with Gasteiger partial charge in [-0.1, -0.05) is 23.8 Å². The minimum atomic E-state index is -0.245. The van der Waals surface area contributed by atoms with Crippen LogP contribution in [0.4, 0.5) is 0 Å². The minimum Gasteiger partial charge on any atom is -0.454 e. The summed E-state index contributed by atoms with van der Waals surface area (Å²) < 4.78 is 10.6. The summed E-state index contributed by atoms with van der Waals surface area (Å²) in [6, 6.07) is 3.35. The van der Waals surface area contributed by atoms with E-state index in [1.54, 1.807) is 12.1 Å². The second kappa shape index (κ2) is 4.88. The number of carbonyl (C=O) groups is 2. The number of fused-ring (bicyclic) bond motifs is 1. The normalized spacial score (nSPS) is 38.3. The fourth-order valence-electron chi connectivity index (χ4n) is 5.21. The predicted molar refractivity (Wildman–Crippen MR) is 91.7 cm³/mol. The van der Waals surface area contributed by atoms with Gasteiger partial charge in [0.2, 0.25) is 6.79 Å². The average molecular weight is 371 g/mol. The molecular formula is C19H15ClN2O4. The van der Waals surface area contributed by atoms with Crippen molar-refractivity contribution in [1.29, 1.82) is 0 Å². The number of halogens is 1. The lowest BCUT2D eigenvalue weighted by molar-refractivity contribution is -0.140. The number of rotatable bonds is 2. The van der Waals surface area contributed by atoms with Crippen molar-refractivity contribution in [3.63, 3.8) is 0 Å². The zero-order chi connectivity index (χ0) is 17.6. The van der Waals surface area contributed by atoms with E-state index in [1.165, 1.54) is 6.21 Å². The predicted octanol–water partition coefficient (Wildman–Crippen LogP) is 2.46. The second-order valence-corrected chi connectivity index (χ2v) is 8.02. The van der Waals surface area contributed by atoms with E-state index in [4.69, 9.17) is 21.1 Å². The number of allylic oxidation sites excluding steroid dienone is 2. The van der Waals surface area contributed by atoms with Gasteiger partial charge in [-0.3, -0.25) is 9.59 Å². The average Bonchev–Trinajstić information content (AvgIpc) is 3.29. The van der Waals surface area contributed by atoms with Gasteiger partial charge in [0.15, 0.2) is 11.5 Å². The number of hydrogen-bond donors (Lipinski definition) is 0. The van der Waals surface area contributed by atoms with Gasteiger partial charge >= 0.3 is 0 Å². The number of nitrogens with zero attached hydrogens (tertiary/aromatic N) is 2. The molecule has 3 fully saturated rings. The molecule has 4 aliphatic carbocycles. The van der Waals surface area contributed by atoms with Crippen LogP contribution < -0.4 is 9.47 Å². The third kappa shape index (κ3) is 1.80. The molecule has 7 rings (SSSR count). The third-order valence-electron chi connectivity index (χ3n) is 6.44. The zero-order valence-electron chi connectivity index (χ0n) is 13.7.